The fourth-order valence-corrected chi connectivity index (χ4v) is 3.08. The third-order valence-electron chi connectivity index (χ3n) is 4.43. The van der Waals surface area contributed by atoms with E-state index in [1.165, 1.54) is 51.4 Å². The van der Waals surface area contributed by atoms with E-state index in [9.17, 15) is 9.59 Å². The molecule has 1 rings (SSSR count). The minimum absolute atomic E-state index is 0.234. The summed E-state index contributed by atoms with van der Waals surface area (Å²) >= 11 is 0. The smallest absolute Gasteiger partial charge is 0.123 e. The van der Waals surface area contributed by atoms with Crippen molar-refractivity contribution in [3.63, 3.8) is 0 Å². The van der Waals surface area contributed by atoms with Crippen LogP contribution in [0, 0.1) is 11.8 Å². The summed E-state index contributed by atoms with van der Waals surface area (Å²) in [7, 11) is 0. The summed E-state index contributed by atoms with van der Waals surface area (Å²) in [6, 6.07) is 0. The van der Waals surface area contributed by atoms with Gasteiger partial charge in [-0.15, -0.1) is 0 Å². The molecule has 1 fully saturated rings. The Hall–Kier alpha value is -0.660. The van der Waals surface area contributed by atoms with Crippen LogP contribution in [0.25, 0.3) is 0 Å². The monoisotopic (exact) mass is 266 g/mol. The van der Waals surface area contributed by atoms with Crippen molar-refractivity contribution in [2.45, 2.75) is 83.5 Å². The first-order valence-electron chi connectivity index (χ1n) is 8.27. The van der Waals surface area contributed by atoms with Crippen molar-refractivity contribution in [2.75, 3.05) is 0 Å². The zero-order chi connectivity index (χ0) is 13.8. The van der Waals surface area contributed by atoms with Crippen LogP contribution >= 0.6 is 0 Å². The van der Waals surface area contributed by atoms with E-state index in [-0.39, 0.29) is 11.8 Å². The van der Waals surface area contributed by atoms with Gasteiger partial charge in [-0.05, 0) is 25.7 Å². The van der Waals surface area contributed by atoms with Crippen molar-refractivity contribution in [1.29, 1.82) is 0 Å². The van der Waals surface area contributed by atoms with E-state index >= 15 is 0 Å². The van der Waals surface area contributed by atoms with E-state index in [0.717, 1.165) is 44.7 Å². The molecule has 0 saturated heterocycles. The van der Waals surface area contributed by atoms with E-state index in [4.69, 9.17) is 0 Å². The lowest BCUT2D eigenvalue weighted by Crippen LogP contribution is -2.06. The molecule has 1 aliphatic rings. The second-order valence-electron chi connectivity index (χ2n) is 6.13. The van der Waals surface area contributed by atoms with Crippen molar-refractivity contribution in [3.8, 4) is 0 Å². The topological polar surface area (TPSA) is 34.1 Å². The number of aldehydes is 2. The van der Waals surface area contributed by atoms with Crippen LogP contribution in [0.4, 0.5) is 0 Å². The number of hydrogen-bond acceptors (Lipinski definition) is 2. The van der Waals surface area contributed by atoms with E-state index in [2.05, 4.69) is 0 Å². The number of carbonyl (C=O) groups is 2. The second kappa shape index (κ2) is 11.2. The van der Waals surface area contributed by atoms with Gasteiger partial charge in [-0.2, -0.15) is 0 Å². The SMILES string of the molecule is O=CC1CCCCCCCCCCC(C=O)CCC1. The predicted octanol–water partition coefficient (Wildman–Crippen LogP) is 4.70. The Morgan fingerprint density at radius 2 is 0.789 bits per heavy atom. The van der Waals surface area contributed by atoms with Crippen molar-refractivity contribution in [1.82, 2.24) is 0 Å². The summed E-state index contributed by atoms with van der Waals surface area (Å²) < 4.78 is 0. The molecule has 1 aliphatic carbocycles. The van der Waals surface area contributed by atoms with Gasteiger partial charge in [0.05, 0.1) is 0 Å². The molecule has 0 N–H and O–H groups in total. The molecule has 1 saturated carbocycles. The van der Waals surface area contributed by atoms with Crippen LogP contribution in [0.5, 0.6) is 0 Å². The Labute approximate surface area is 118 Å². The average molecular weight is 266 g/mol. The van der Waals surface area contributed by atoms with E-state index in [1.807, 2.05) is 0 Å². The molecule has 0 spiro atoms. The Bertz CT molecular complexity index is 213. The van der Waals surface area contributed by atoms with Crippen LogP contribution < -0.4 is 0 Å². The van der Waals surface area contributed by atoms with Gasteiger partial charge < -0.3 is 9.59 Å². The molecule has 0 aromatic carbocycles. The van der Waals surface area contributed by atoms with Gasteiger partial charge in [0.2, 0.25) is 0 Å². The molecule has 0 aromatic heterocycles. The highest BCUT2D eigenvalue weighted by Gasteiger charge is 2.11. The highest BCUT2D eigenvalue weighted by Crippen LogP contribution is 2.21. The summed E-state index contributed by atoms with van der Waals surface area (Å²) in [6.07, 6.45) is 17.6. The Morgan fingerprint density at radius 1 is 0.474 bits per heavy atom. The van der Waals surface area contributed by atoms with Crippen LogP contribution in [-0.4, -0.2) is 12.6 Å². The van der Waals surface area contributed by atoms with Gasteiger partial charge in [0, 0.05) is 11.8 Å². The molecule has 2 unspecified atom stereocenters. The molecular weight excluding hydrogens is 236 g/mol. The van der Waals surface area contributed by atoms with E-state index < -0.39 is 0 Å². The molecule has 0 aliphatic heterocycles. The Morgan fingerprint density at radius 3 is 1.16 bits per heavy atom. The molecule has 0 aromatic rings. The van der Waals surface area contributed by atoms with Crippen LogP contribution in [0.1, 0.15) is 83.5 Å². The maximum atomic E-state index is 11.0. The molecule has 0 bridgehead atoms. The molecule has 110 valence electrons. The van der Waals surface area contributed by atoms with Crippen LogP contribution in [0.2, 0.25) is 0 Å². The lowest BCUT2D eigenvalue weighted by atomic mass is 9.92. The fourth-order valence-electron chi connectivity index (χ4n) is 3.08. The van der Waals surface area contributed by atoms with Crippen LogP contribution in [0.3, 0.4) is 0 Å². The first-order chi connectivity index (χ1) is 9.36. The fraction of sp³-hybridized carbons (Fsp3) is 0.882. The zero-order valence-corrected chi connectivity index (χ0v) is 12.3. The first kappa shape index (κ1) is 16.4. The first-order valence-corrected chi connectivity index (χ1v) is 8.27. The summed E-state index contributed by atoms with van der Waals surface area (Å²) in [4.78, 5) is 22.1. The minimum Gasteiger partial charge on any atom is -0.303 e. The molecule has 0 heterocycles. The third-order valence-corrected chi connectivity index (χ3v) is 4.43. The summed E-state index contributed by atoms with van der Waals surface area (Å²) in [6.45, 7) is 0. The molecule has 2 heteroatoms. The molecule has 2 nitrogen and oxygen atoms in total. The van der Waals surface area contributed by atoms with Crippen LogP contribution in [0.15, 0.2) is 0 Å². The maximum Gasteiger partial charge on any atom is 0.123 e. The maximum absolute atomic E-state index is 11.0. The molecule has 0 amide bonds. The summed E-state index contributed by atoms with van der Waals surface area (Å²) in [5, 5.41) is 0. The lowest BCUT2D eigenvalue weighted by molar-refractivity contribution is -0.111. The Kier molecular flexibility index (Phi) is 9.66. The largest absolute Gasteiger partial charge is 0.303 e. The van der Waals surface area contributed by atoms with Crippen molar-refractivity contribution >= 4 is 12.6 Å². The van der Waals surface area contributed by atoms with E-state index in [1.54, 1.807) is 0 Å². The minimum atomic E-state index is 0.234. The third kappa shape index (κ3) is 8.18. The standard InChI is InChI=1S/C17H30O2/c18-14-16-10-7-5-3-1-2-4-6-8-11-17(15-19)13-9-12-16/h14-17H,1-13H2. The zero-order valence-electron chi connectivity index (χ0n) is 12.3. The highest BCUT2D eigenvalue weighted by molar-refractivity contribution is 5.54. The van der Waals surface area contributed by atoms with Crippen molar-refractivity contribution in [2.24, 2.45) is 11.8 Å². The summed E-state index contributed by atoms with van der Waals surface area (Å²) in [5.74, 6) is 0.467. The average Bonchev–Trinajstić information content (AvgIpc) is 2.45. The summed E-state index contributed by atoms with van der Waals surface area (Å²) in [5.41, 5.74) is 0. The van der Waals surface area contributed by atoms with Gasteiger partial charge in [-0.3, -0.25) is 0 Å². The molecule has 2 atom stereocenters. The van der Waals surface area contributed by atoms with Crippen molar-refractivity contribution < 1.29 is 9.59 Å². The number of hydrogen-bond donors (Lipinski definition) is 0. The number of carbonyl (C=O) groups excluding carboxylic acids is 2. The van der Waals surface area contributed by atoms with Crippen LogP contribution in [-0.2, 0) is 9.59 Å². The highest BCUT2D eigenvalue weighted by atomic mass is 16.1. The predicted molar refractivity (Wildman–Crippen MR) is 79.1 cm³/mol. The molecule has 0 radical (unpaired) electrons. The number of rotatable bonds is 2. The Balaban J connectivity index is 2.35. The normalized spacial score (nSPS) is 28.8. The molecular formula is C17H30O2. The lowest BCUT2D eigenvalue weighted by Gasteiger charge is -2.12. The quantitative estimate of drug-likeness (QED) is 0.679. The molecule has 19 heavy (non-hydrogen) atoms. The van der Waals surface area contributed by atoms with Crippen molar-refractivity contribution in [3.05, 3.63) is 0 Å². The van der Waals surface area contributed by atoms with Gasteiger partial charge in [0.1, 0.15) is 12.6 Å². The van der Waals surface area contributed by atoms with Gasteiger partial charge in [-0.25, -0.2) is 0 Å². The van der Waals surface area contributed by atoms with Gasteiger partial charge in [-0.1, -0.05) is 57.8 Å². The van der Waals surface area contributed by atoms with Gasteiger partial charge in [0.15, 0.2) is 0 Å². The van der Waals surface area contributed by atoms with Gasteiger partial charge >= 0.3 is 0 Å². The van der Waals surface area contributed by atoms with Gasteiger partial charge in [0.25, 0.3) is 0 Å². The second-order valence-corrected chi connectivity index (χ2v) is 6.13. The van der Waals surface area contributed by atoms with E-state index in [0.29, 0.717) is 0 Å².